The van der Waals surface area contributed by atoms with Crippen LogP contribution in [0.25, 0.3) is 10.8 Å². The molecule has 12 heteroatoms. The van der Waals surface area contributed by atoms with E-state index in [4.69, 9.17) is 31.0 Å². The van der Waals surface area contributed by atoms with Crippen LogP contribution in [0.5, 0.6) is 6.01 Å². The molecular formula is C33H38ClFN6O4. The number of hydrogen-bond acceptors (Lipinski definition) is 8. The van der Waals surface area contributed by atoms with E-state index in [1.807, 2.05) is 12.1 Å². The summed E-state index contributed by atoms with van der Waals surface area (Å²) in [7, 11) is 1.65. The number of rotatable bonds is 6. The highest BCUT2D eigenvalue weighted by molar-refractivity contribution is 6.36. The van der Waals surface area contributed by atoms with Crippen LogP contribution in [-0.2, 0) is 17.7 Å². The highest BCUT2D eigenvalue weighted by Crippen LogP contribution is 2.42. The molecule has 238 valence electrons. The molecule has 2 unspecified atom stereocenters. The molecule has 0 aliphatic carbocycles. The Morgan fingerprint density at radius 1 is 1.13 bits per heavy atom. The van der Waals surface area contributed by atoms with E-state index >= 15 is 0 Å². The van der Waals surface area contributed by atoms with E-state index < -0.39 is 12.3 Å². The van der Waals surface area contributed by atoms with Crippen molar-refractivity contribution in [2.75, 3.05) is 56.2 Å². The second-order valence-corrected chi connectivity index (χ2v) is 13.6. The minimum Gasteiger partial charge on any atom is -0.465 e. The van der Waals surface area contributed by atoms with Crippen LogP contribution >= 0.6 is 11.6 Å². The van der Waals surface area contributed by atoms with Crippen LogP contribution in [0.15, 0.2) is 36.4 Å². The van der Waals surface area contributed by atoms with Gasteiger partial charge < -0.3 is 24.4 Å². The number of ether oxygens (including phenoxy) is 2. The third-order valence-electron chi connectivity index (χ3n) is 10.8. The van der Waals surface area contributed by atoms with Gasteiger partial charge in [-0.1, -0.05) is 35.9 Å². The lowest BCUT2D eigenvalue weighted by atomic mass is 9.95. The van der Waals surface area contributed by atoms with E-state index in [1.165, 1.54) is 0 Å². The molecule has 2 bridgehead atoms. The largest absolute Gasteiger partial charge is 0.465 e. The number of hydrogen-bond donors (Lipinski definition) is 1. The smallest absolute Gasteiger partial charge is 0.408 e. The van der Waals surface area contributed by atoms with E-state index in [2.05, 4.69) is 39.0 Å². The van der Waals surface area contributed by atoms with Crippen molar-refractivity contribution in [3.63, 3.8) is 0 Å². The van der Waals surface area contributed by atoms with Crippen LogP contribution in [0.3, 0.4) is 0 Å². The maximum absolute atomic E-state index is 14.5. The van der Waals surface area contributed by atoms with Gasteiger partial charge in [0.1, 0.15) is 18.6 Å². The lowest BCUT2D eigenvalue weighted by Crippen LogP contribution is -2.57. The summed E-state index contributed by atoms with van der Waals surface area (Å²) in [5.74, 6) is 0.804. The van der Waals surface area contributed by atoms with Gasteiger partial charge in [0.25, 0.3) is 0 Å². The van der Waals surface area contributed by atoms with Crippen LogP contribution < -0.4 is 14.5 Å². The van der Waals surface area contributed by atoms with Gasteiger partial charge in [-0.05, 0) is 49.7 Å². The lowest BCUT2D eigenvalue weighted by Gasteiger charge is -2.42. The van der Waals surface area contributed by atoms with Crippen molar-refractivity contribution in [1.29, 1.82) is 0 Å². The predicted molar refractivity (Wildman–Crippen MR) is 169 cm³/mol. The second-order valence-electron chi connectivity index (χ2n) is 13.2. The van der Waals surface area contributed by atoms with E-state index in [-0.39, 0.29) is 23.7 Å². The average molecular weight is 637 g/mol. The normalized spacial score (nSPS) is 29.4. The Bertz CT molecular complexity index is 1640. The molecule has 4 fully saturated rings. The zero-order valence-electron chi connectivity index (χ0n) is 25.4. The Labute approximate surface area is 266 Å². The second kappa shape index (κ2) is 11.1. The number of piperazine rings is 1. The zero-order valence-corrected chi connectivity index (χ0v) is 26.1. The Kier molecular flexibility index (Phi) is 7.18. The van der Waals surface area contributed by atoms with Crippen LogP contribution in [0.4, 0.5) is 20.7 Å². The first-order chi connectivity index (χ1) is 21.8. The molecule has 5 atom stereocenters. The number of alkyl halides is 1. The number of carboxylic acid groups (broad SMARTS) is 1. The number of anilines is 2. The van der Waals surface area contributed by atoms with Gasteiger partial charge in [-0.15, -0.1) is 0 Å². The van der Waals surface area contributed by atoms with Crippen molar-refractivity contribution < 1.29 is 23.8 Å². The van der Waals surface area contributed by atoms with Gasteiger partial charge in [-0.3, -0.25) is 9.80 Å². The number of benzene rings is 2. The summed E-state index contributed by atoms with van der Waals surface area (Å²) >= 11 is 6.72. The molecule has 1 amide bonds. The fourth-order valence-electron chi connectivity index (χ4n) is 8.74. The molecule has 45 heavy (non-hydrogen) atoms. The maximum Gasteiger partial charge on any atom is 0.408 e. The molecule has 10 nitrogen and oxygen atoms in total. The standard InChI is InChI=1S/C33H38ClFN6O4/c1-44-28-13-22-16-39(18-27(28)41(22)32(42)43)30-23-9-12-38(26-8-3-6-20-5-2-7-24(34)29(20)26)17-25(23)36-31(37-30)45-19-33-10-4-11-40(33)15-21(35)14-33/h2-3,5-8,21-22,27-28H,4,9-19H2,1H3,(H,42,43)/t21?,22-,27-,28-,33?/m1/s1. The number of amides is 1. The molecule has 0 spiro atoms. The first-order valence-corrected chi connectivity index (χ1v) is 16.3. The summed E-state index contributed by atoms with van der Waals surface area (Å²) in [4.78, 5) is 30.5. The van der Waals surface area contributed by atoms with Crippen molar-refractivity contribution in [1.82, 2.24) is 19.8 Å². The van der Waals surface area contributed by atoms with Crippen LogP contribution in [0.2, 0.25) is 5.02 Å². The molecule has 5 aliphatic rings. The summed E-state index contributed by atoms with van der Waals surface area (Å²) in [6.07, 6.45) is 1.86. The van der Waals surface area contributed by atoms with E-state index in [0.717, 1.165) is 65.9 Å². The monoisotopic (exact) mass is 636 g/mol. The van der Waals surface area contributed by atoms with Crippen LogP contribution in [0.1, 0.15) is 36.9 Å². The fraction of sp³-hybridized carbons (Fsp3) is 0.545. The number of nitrogens with zero attached hydrogens (tertiary/aromatic N) is 6. The molecule has 1 aromatic heterocycles. The third kappa shape index (κ3) is 4.85. The SMILES string of the molecule is CO[C@@H]1C[C@@H]2CN(c3nc(OCC45CCCN4CC(F)C5)nc4c3CCN(c3cccc5cccc(Cl)c35)C4)C[C@H]1N2C(=O)O. The van der Waals surface area contributed by atoms with Crippen molar-refractivity contribution in [3.8, 4) is 6.01 Å². The molecule has 6 heterocycles. The minimum absolute atomic E-state index is 0.167. The topological polar surface area (TPSA) is 94.5 Å². The van der Waals surface area contributed by atoms with Gasteiger partial charge in [0.05, 0.1) is 41.0 Å². The number of carbonyl (C=O) groups is 1. The summed E-state index contributed by atoms with van der Waals surface area (Å²) in [5.41, 5.74) is 2.69. The summed E-state index contributed by atoms with van der Waals surface area (Å²) in [5, 5.41) is 12.8. The summed E-state index contributed by atoms with van der Waals surface area (Å²) in [6, 6.07) is 12.0. The lowest BCUT2D eigenvalue weighted by molar-refractivity contribution is 0.0595. The highest BCUT2D eigenvalue weighted by atomic mass is 35.5. The number of methoxy groups -OCH3 is 1. The molecule has 1 N–H and O–H groups in total. The van der Waals surface area contributed by atoms with Crippen LogP contribution in [0, 0.1) is 0 Å². The molecule has 3 aromatic rings. The Balaban J connectivity index is 1.15. The summed E-state index contributed by atoms with van der Waals surface area (Å²) < 4.78 is 26.7. The highest BCUT2D eigenvalue weighted by Gasteiger charge is 2.51. The van der Waals surface area contributed by atoms with Gasteiger partial charge in [-0.2, -0.15) is 9.97 Å². The van der Waals surface area contributed by atoms with E-state index in [0.29, 0.717) is 56.7 Å². The molecule has 0 radical (unpaired) electrons. The quantitative estimate of drug-likeness (QED) is 0.411. The van der Waals surface area contributed by atoms with Crippen molar-refractivity contribution >= 4 is 40.0 Å². The molecule has 4 saturated heterocycles. The average Bonchev–Trinajstić information content (AvgIpc) is 3.64. The Morgan fingerprint density at radius 2 is 1.98 bits per heavy atom. The van der Waals surface area contributed by atoms with Gasteiger partial charge in [-0.25, -0.2) is 9.18 Å². The van der Waals surface area contributed by atoms with Crippen molar-refractivity contribution in [2.45, 2.75) is 68.5 Å². The maximum atomic E-state index is 14.5. The van der Waals surface area contributed by atoms with E-state index in [9.17, 15) is 14.3 Å². The predicted octanol–water partition coefficient (Wildman–Crippen LogP) is 4.76. The minimum atomic E-state index is -0.912. The van der Waals surface area contributed by atoms with Gasteiger partial charge in [0, 0.05) is 56.3 Å². The molecule has 0 saturated carbocycles. The molecule has 2 aromatic carbocycles. The number of fused-ring (bicyclic) bond motifs is 5. The molecule has 5 aliphatic heterocycles. The Hall–Kier alpha value is -3.41. The summed E-state index contributed by atoms with van der Waals surface area (Å²) in [6.45, 7) is 4.01. The van der Waals surface area contributed by atoms with Crippen molar-refractivity contribution in [3.05, 3.63) is 52.7 Å². The van der Waals surface area contributed by atoms with Crippen LogP contribution in [-0.4, -0.2) is 107 Å². The number of aromatic nitrogens is 2. The van der Waals surface area contributed by atoms with Gasteiger partial charge in [0.2, 0.25) is 0 Å². The number of halogens is 2. The third-order valence-corrected chi connectivity index (χ3v) is 11.1. The molecular weight excluding hydrogens is 599 g/mol. The van der Waals surface area contributed by atoms with Crippen molar-refractivity contribution in [2.24, 2.45) is 0 Å². The first-order valence-electron chi connectivity index (χ1n) is 16.0. The van der Waals surface area contributed by atoms with Gasteiger partial charge in [0.15, 0.2) is 0 Å². The zero-order chi connectivity index (χ0) is 30.9. The fourth-order valence-corrected chi connectivity index (χ4v) is 9.02. The first kappa shape index (κ1) is 29.0. The van der Waals surface area contributed by atoms with Gasteiger partial charge >= 0.3 is 12.1 Å². The van der Waals surface area contributed by atoms with E-state index in [1.54, 1.807) is 12.0 Å². The molecule has 8 rings (SSSR count). The Morgan fingerprint density at radius 3 is 2.80 bits per heavy atom.